The molecule has 152 valence electrons. The largest absolute Gasteiger partial charge is 0.480 e. The average Bonchev–Trinajstić information content (AvgIpc) is 2.64. The van der Waals surface area contributed by atoms with E-state index in [1.165, 1.54) is 32.6 Å². The van der Waals surface area contributed by atoms with Crippen LogP contribution in [0.4, 0.5) is 0 Å². The van der Waals surface area contributed by atoms with Crippen LogP contribution in [0, 0.1) is 0 Å². The van der Waals surface area contributed by atoms with Gasteiger partial charge in [0.15, 0.2) is 0 Å². The number of carboxylic acid groups (broad SMARTS) is 1. The summed E-state index contributed by atoms with van der Waals surface area (Å²) < 4.78 is 0. The van der Waals surface area contributed by atoms with E-state index < -0.39 is 12.0 Å². The highest BCUT2D eigenvalue weighted by Crippen LogP contribution is 2.01. The summed E-state index contributed by atoms with van der Waals surface area (Å²) in [6, 6.07) is -0.825. The molecule has 0 heterocycles. The van der Waals surface area contributed by atoms with E-state index in [0.717, 1.165) is 32.1 Å². The first-order valence-electron chi connectivity index (χ1n) is 10.2. The summed E-state index contributed by atoms with van der Waals surface area (Å²) in [4.78, 5) is 22.1. The van der Waals surface area contributed by atoms with Gasteiger partial charge in [0, 0.05) is 6.42 Å². The molecule has 0 unspecified atom stereocenters. The lowest BCUT2D eigenvalue weighted by Gasteiger charge is -2.08. The molecule has 0 fully saturated rings. The van der Waals surface area contributed by atoms with Gasteiger partial charge in [-0.05, 0) is 51.9 Å². The number of aliphatic carboxylic acids is 1. The van der Waals surface area contributed by atoms with Crippen LogP contribution in [0.3, 0.4) is 0 Å². The van der Waals surface area contributed by atoms with Crippen molar-refractivity contribution >= 4 is 11.9 Å². The standard InChI is InChI=1S/C23H37NO3/c1-3-4-5-6-7-8-9-10-11-12-13-14-15-16-17-18-19-20-22(25)24-21(2)23(26)27/h7-8,10-11,13-14,16-17,21H,3-6,9,12,15,18-20H2,1-2H3,(H,24,25)(H,26,27)/b8-7+,11-10+,14-13+,17-16-/t21-/m0/s1. The summed E-state index contributed by atoms with van der Waals surface area (Å²) in [5.74, 6) is -1.22. The third kappa shape index (κ3) is 18.5. The minimum atomic E-state index is -1.01. The highest BCUT2D eigenvalue weighted by atomic mass is 16.4. The minimum absolute atomic E-state index is 0.208. The molecular weight excluding hydrogens is 338 g/mol. The average molecular weight is 376 g/mol. The summed E-state index contributed by atoms with van der Waals surface area (Å²) in [6.07, 6.45) is 27.2. The summed E-state index contributed by atoms with van der Waals surface area (Å²) in [7, 11) is 0. The van der Waals surface area contributed by atoms with Crippen LogP contribution in [0.5, 0.6) is 0 Å². The Morgan fingerprint density at radius 2 is 1.30 bits per heavy atom. The maximum Gasteiger partial charge on any atom is 0.325 e. The number of unbranched alkanes of at least 4 members (excludes halogenated alkanes) is 4. The third-order valence-corrected chi connectivity index (χ3v) is 3.98. The number of allylic oxidation sites excluding steroid dienone is 8. The molecule has 1 atom stereocenters. The van der Waals surface area contributed by atoms with Crippen molar-refractivity contribution in [3.8, 4) is 0 Å². The minimum Gasteiger partial charge on any atom is -0.480 e. The molecule has 0 aliphatic heterocycles. The zero-order valence-corrected chi connectivity index (χ0v) is 17.0. The second-order valence-electron chi connectivity index (χ2n) is 6.61. The molecular formula is C23H37NO3. The maximum absolute atomic E-state index is 11.5. The van der Waals surface area contributed by atoms with Crippen molar-refractivity contribution in [2.24, 2.45) is 0 Å². The zero-order valence-electron chi connectivity index (χ0n) is 17.0. The van der Waals surface area contributed by atoms with E-state index in [-0.39, 0.29) is 5.91 Å². The van der Waals surface area contributed by atoms with E-state index in [1.54, 1.807) is 0 Å². The van der Waals surface area contributed by atoms with Gasteiger partial charge < -0.3 is 10.4 Å². The zero-order chi connectivity index (χ0) is 20.2. The number of rotatable bonds is 16. The highest BCUT2D eigenvalue weighted by Gasteiger charge is 2.12. The molecule has 1 amide bonds. The maximum atomic E-state index is 11.5. The Morgan fingerprint density at radius 1 is 0.815 bits per heavy atom. The van der Waals surface area contributed by atoms with E-state index >= 15 is 0 Å². The van der Waals surface area contributed by atoms with Gasteiger partial charge in [-0.1, -0.05) is 68.4 Å². The topological polar surface area (TPSA) is 66.4 Å². The predicted octanol–water partition coefficient (Wildman–Crippen LogP) is 5.72. The molecule has 0 aliphatic rings. The van der Waals surface area contributed by atoms with Gasteiger partial charge in [0.2, 0.25) is 5.91 Å². The number of carbonyl (C=O) groups excluding carboxylic acids is 1. The van der Waals surface area contributed by atoms with Crippen LogP contribution in [-0.2, 0) is 9.59 Å². The molecule has 4 heteroatoms. The lowest BCUT2D eigenvalue weighted by Crippen LogP contribution is -2.38. The van der Waals surface area contributed by atoms with Crippen molar-refractivity contribution in [3.05, 3.63) is 48.6 Å². The monoisotopic (exact) mass is 375 g/mol. The van der Waals surface area contributed by atoms with Crippen LogP contribution in [0.25, 0.3) is 0 Å². The fourth-order valence-corrected chi connectivity index (χ4v) is 2.32. The molecule has 0 radical (unpaired) electrons. The van der Waals surface area contributed by atoms with E-state index in [4.69, 9.17) is 5.11 Å². The van der Waals surface area contributed by atoms with E-state index in [2.05, 4.69) is 60.8 Å². The molecule has 0 spiro atoms. The van der Waals surface area contributed by atoms with E-state index in [9.17, 15) is 9.59 Å². The first kappa shape index (κ1) is 24.9. The first-order chi connectivity index (χ1) is 13.1. The fourth-order valence-electron chi connectivity index (χ4n) is 2.32. The molecule has 0 aromatic rings. The van der Waals surface area contributed by atoms with Gasteiger partial charge in [-0.2, -0.15) is 0 Å². The fraction of sp³-hybridized carbons (Fsp3) is 0.565. The highest BCUT2D eigenvalue weighted by molar-refractivity contribution is 5.83. The second kappa shape index (κ2) is 18.7. The molecule has 4 nitrogen and oxygen atoms in total. The SMILES string of the molecule is CCCCC/C=C/C/C=C/C/C=C/C/C=C\CCCC(=O)N[C@@H](C)C(=O)O. The normalized spacial score (nSPS) is 13.3. The third-order valence-electron chi connectivity index (χ3n) is 3.98. The van der Waals surface area contributed by atoms with E-state index in [0.29, 0.717) is 6.42 Å². The Morgan fingerprint density at radius 3 is 1.78 bits per heavy atom. The Labute approximate surface area is 165 Å². The van der Waals surface area contributed by atoms with Gasteiger partial charge in [-0.25, -0.2) is 0 Å². The number of hydrogen-bond acceptors (Lipinski definition) is 2. The molecule has 27 heavy (non-hydrogen) atoms. The molecule has 2 N–H and O–H groups in total. The number of nitrogens with one attached hydrogen (secondary N) is 1. The van der Waals surface area contributed by atoms with Crippen molar-refractivity contribution < 1.29 is 14.7 Å². The number of amides is 1. The van der Waals surface area contributed by atoms with Gasteiger partial charge in [-0.3, -0.25) is 9.59 Å². The number of hydrogen-bond donors (Lipinski definition) is 2. The van der Waals surface area contributed by atoms with Crippen molar-refractivity contribution in [3.63, 3.8) is 0 Å². The molecule has 0 aliphatic carbocycles. The summed E-state index contributed by atoms with van der Waals surface area (Å²) in [5, 5.41) is 11.2. The lowest BCUT2D eigenvalue weighted by atomic mass is 10.2. The van der Waals surface area contributed by atoms with Crippen LogP contribution in [0.1, 0.15) is 78.1 Å². The molecule has 0 saturated heterocycles. The van der Waals surface area contributed by atoms with Gasteiger partial charge in [-0.15, -0.1) is 0 Å². The molecule has 0 saturated carbocycles. The van der Waals surface area contributed by atoms with Crippen LogP contribution in [0.2, 0.25) is 0 Å². The Hall–Kier alpha value is -2.10. The Kier molecular flexibility index (Phi) is 17.2. The van der Waals surface area contributed by atoms with E-state index in [1.807, 2.05) is 0 Å². The van der Waals surface area contributed by atoms with Crippen LogP contribution in [-0.4, -0.2) is 23.0 Å². The lowest BCUT2D eigenvalue weighted by molar-refractivity contribution is -0.141. The molecule has 0 aromatic carbocycles. The van der Waals surface area contributed by atoms with Gasteiger partial charge >= 0.3 is 5.97 Å². The van der Waals surface area contributed by atoms with Crippen LogP contribution >= 0.6 is 0 Å². The number of carbonyl (C=O) groups is 2. The van der Waals surface area contributed by atoms with Crippen molar-refractivity contribution in [1.29, 1.82) is 0 Å². The summed E-state index contributed by atoms with van der Waals surface area (Å²) in [5.41, 5.74) is 0. The van der Waals surface area contributed by atoms with Crippen LogP contribution in [0.15, 0.2) is 48.6 Å². The van der Waals surface area contributed by atoms with Gasteiger partial charge in [0.1, 0.15) is 6.04 Å². The smallest absolute Gasteiger partial charge is 0.325 e. The number of carboxylic acids is 1. The van der Waals surface area contributed by atoms with Crippen LogP contribution < -0.4 is 5.32 Å². The Bertz CT molecular complexity index is 504. The predicted molar refractivity (Wildman–Crippen MR) is 114 cm³/mol. The van der Waals surface area contributed by atoms with Gasteiger partial charge in [0.25, 0.3) is 0 Å². The Balaban J connectivity index is 3.56. The quantitative estimate of drug-likeness (QED) is 0.268. The molecule has 0 bridgehead atoms. The molecule has 0 aromatic heterocycles. The molecule has 0 rings (SSSR count). The van der Waals surface area contributed by atoms with Crippen molar-refractivity contribution in [1.82, 2.24) is 5.32 Å². The summed E-state index contributed by atoms with van der Waals surface area (Å²) >= 11 is 0. The van der Waals surface area contributed by atoms with Crippen molar-refractivity contribution in [2.45, 2.75) is 84.1 Å². The second-order valence-corrected chi connectivity index (χ2v) is 6.61. The first-order valence-corrected chi connectivity index (χ1v) is 10.2. The summed E-state index contributed by atoms with van der Waals surface area (Å²) in [6.45, 7) is 3.69. The van der Waals surface area contributed by atoms with Crippen molar-refractivity contribution in [2.75, 3.05) is 0 Å². The van der Waals surface area contributed by atoms with Gasteiger partial charge in [0.05, 0.1) is 0 Å².